The number of allylic oxidation sites excluding steroid dienone is 8. The van der Waals surface area contributed by atoms with E-state index in [2.05, 4.69) is 30.5 Å². The second kappa shape index (κ2) is 36.9. The van der Waals surface area contributed by atoms with Crippen LogP contribution in [0.3, 0.4) is 0 Å². The minimum absolute atomic E-state index is 0.0639. The smallest absolute Gasteiger partial charge is 0.462 e. The highest BCUT2D eigenvalue weighted by Gasteiger charge is 2.27. The van der Waals surface area contributed by atoms with Crippen LogP contribution in [0.15, 0.2) is 60.8 Å². The van der Waals surface area contributed by atoms with E-state index in [0.29, 0.717) is 6.42 Å². The molecule has 0 aliphatic rings. The van der Waals surface area contributed by atoms with E-state index >= 15 is 0 Å². The molecule has 0 amide bonds. The molecule has 0 spiro atoms. The Morgan fingerprint density at radius 2 is 1.18 bits per heavy atom. The fourth-order valence-electron chi connectivity index (χ4n) is 5.13. The van der Waals surface area contributed by atoms with Crippen LogP contribution in [0.1, 0.15) is 136 Å². The molecule has 0 radical (unpaired) electrons. The number of carbonyl (C=O) groups is 2. The molecule has 13 nitrogen and oxygen atoms in total. The molecule has 0 rings (SSSR count). The number of phosphoric ester groups is 1. The van der Waals surface area contributed by atoms with Gasteiger partial charge < -0.3 is 39.9 Å². The first-order chi connectivity index (χ1) is 26.9. The van der Waals surface area contributed by atoms with Gasteiger partial charge in [0.05, 0.1) is 38.1 Å². The molecule has 0 fully saturated rings. The summed E-state index contributed by atoms with van der Waals surface area (Å²) in [5.74, 6) is -1.27. The number of aliphatic hydroxyl groups excluding tert-OH is 5. The number of unbranched alkanes of at least 4 members (excludes halogenated alkanes) is 11. The van der Waals surface area contributed by atoms with Gasteiger partial charge in [0, 0.05) is 12.8 Å². The lowest BCUT2D eigenvalue weighted by Gasteiger charge is -2.20. The molecule has 0 aromatic heterocycles. The highest BCUT2D eigenvalue weighted by molar-refractivity contribution is 7.47. The number of hydrogen-bond donors (Lipinski definition) is 6. The van der Waals surface area contributed by atoms with Crippen LogP contribution in [0, 0.1) is 0 Å². The van der Waals surface area contributed by atoms with Gasteiger partial charge in [-0.1, -0.05) is 132 Å². The molecular formula is C42H73O13P. The van der Waals surface area contributed by atoms with Gasteiger partial charge in [-0.2, -0.15) is 0 Å². The summed E-state index contributed by atoms with van der Waals surface area (Å²) in [6, 6.07) is 0. The third-order valence-electron chi connectivity index (χ3n) is 8.51. The first-order valence-electron chi connectivity index (χ1n) is 20.6. The van der Waals surface area contributed by atoms with Gasteiger partial charge in [-0.15, -0.1) is 0 Å². The number of hydrogen-bond acceptors (Lipinski definition) is 12. The standard InChI is InChI=1S/C42H73O13P/c1-3-5-7-8-9-10-11-12-13-14-15-20-24-30-41(48)52-34-38(35-54-56(50,51)53-33-37(45)32-43)55-42(49)31-25-29-40(47)39(46)28-23-19-17-16-18-22-27-36(44)26-21-6-4-2/h10-11,16-19,22-23,27-28,36-40,43-47H,3-9,12-15,20-21,24-26,29-35H2,1-2H3,(H,50,51)/b11-10-,18-16-,19-17+,27-22+,28-23+/t36-,37-,38+,39-,40-/m0/s1. The van der Waals surface area contributed by atoms with Crippen LogP contribution in [0.25, 0.3) is 0 Å². The number of rotatable bonds is 37. The highest BCUT2D eigenvalue weighted by atomic mass is 31.2. The molecule has 324 valence electrons. The van der Waals surface area contributed by atoms with Gasteiger partial charge in [0.2, 0.25) is 0 Å². The van der Waals surface area contributed by atoms with E-state index in [4.69, 9.17) is 19.1 Å². The van der Waals surface area contributed by atoms with Crippen LogP contribution < -0.4 is 0 Å². The summed E-state index contributed by atoms with van der Waals surface area (Å²) >= 11 is 0. The molecule has 0 aromatic rings. The molecule has 0 heterocycles. The number of aliphatic hydroxyl groups is 5. The van der Waals surface area contributed by atoms with E-state index in [-0.39, 0.29) is 25.7 Å². The summed E-state index contributed by atoms with van der Waals surface area (Å²) in [5.41, 5.74) is 0. The van der Waals surface area contributed by atoms with Gasteiger partial charge >= 0.3 is 19.8 Å². The third-order valence-corrected chi connectivity index (χ3v) is 9.46. The second-order valence-electron chi connectivity index (χ2n) is 13.9. The zero-order chi connectivity index (χ0) is 41.7. The van der Waals surface area contributed by atoms with Crippen LogP contribution in [0.4, 0.5) is 0 Å². The minimum Gasteiger partial charge on any atom is -0.462 e. The van der Waals surface area contributed by atoms with Crippen LogP contribution in [0.2, 0.25) is 0 Å². The van der Waals surface area contributed by atoms with Crippen LogP contribution in [-0.2, 0) is 32.7 Å². The van der Waals surface area contributed by atoms with E-state index in [1.54, 1.807) is 42.5 Å². The summed E-state index contributed by atoms with van der Waals surface area (Å²) < 4.78 is 32.4. The van der Waals surface area contributed by atoms with Crippen molar-refractivity contribution in [1.29, 1.82) is 0 Å². The van der Waals surface area contributed by atoms with Gasteiger partial charge in [0.1, 0.15) is 12.7 Å². The molecule has 6 atom stereocenters. The Hall–Kier alpha value is -2.45. The number of esters is 2. The SMILES string of the molecule is CCCCCC/C=C\CCCCCCCC(=O)OC[C@H](COP(=O)(O)OC[C@@H](O)CO)OC(=O)CCC[C@H](O)[C@@H](O)/C=C/C=C/C=C\C=C\[C@@H](O)CCCCC. The first kappa shape index (κ1) is 53.6. The molecule has 6 N–H and O–H groups in total. The maximum Gasteiger partial charge on any atom is 0.472 e. The van der Waals surface area contributed by atoms with E-state index in [9.17, 15) is 39.5 Å². The Labute approximate surface area is 335 Å². The Kier molecular flexibility index (Phi) is 35.2. The lowest BCUT2D eigenvalue weighted by Crippen LogP contribution is -2.30. The normalized spacial score (nSPS) is 16.2. The van der Waals surface area contributed by atoms with Gasteiger partial charge in [-0.25, -0.2) is 4.57 Å². The molecule has 0 aromatic carbocycles. The van der Waals surface area contributed by atoms with Crippen molar-refractivity contribution in [3.05, 3.63) is 60.8 Å². The van der Waals surface area contributed by atoms with Crippen molar-refractivity contribution in [3.8, 4) is 0 Å². The van der Waals surface area contributed by atoms with Gasteiger partial charge in [-0.3, -0.25) is 18.6 Å². The van der Waals surface area contributed by atoms with Crippen molar-refractivity contribution in [1.82, 2.24) is 0 Å². The predicted octanol–water partition coefficient (Wildman–Crippen LogP) is 7.24. The van der Waals surface area contributed by atoms with Crippen molar-refractivity contribution >= 4 is 19.8 Å². The molecule has 1 unspecified atom stereocenters. The summed E-state index contributed by atoms with van der Waals surface area (Å²) in [5, 5.41) is 48.7. The monoisotopic (exact) mass is 816 g/mol. The minimum atomic E-state index is -4.72. The number of phosphoric acid groups is 1. The van der Waals surface area contributed by atoms with Gasteiger partial charge in [-0.05, 0) is 51.4 Å². The van der Waals surface area contributed by atoms with E-state index in [1.165, 1.54) is 31.8 Å². The zero-order valence-electron chi connectivity index (χ0n) is 33.9. The zero-order valence-corrected chi connectivity index (χ0v) is 34.8. The third kappa shape index (κ3) is 34.8. The lowest BCUT2D eigenvalue weighted by molar-refractivity contribution is -0.161. The fourth-order valence-corrected chi connectivity index (χ4v) is 5.92. The van der Waals surface area contributed by atoms with E-state index in [1.807, 2.05) is 0 Å². The second-order valence-corrected chi connectivity index (χ2v) is 15.3. The Bertz CT molecular complexity index is 1170. The topological polar surface area (TPSA) is 210 Å². The summed E-state index contributed by atoms with van der Waals surface area (Å²) in [6.45, 7) is 1.83. The number of carbonyl (C=O) groups excluding carboxylic acids is 2. The fraction of sp³-hybridized carbons (Fsp3) is 0.714. The van der Waals surface area contributed by atoms with E-state index < -0.39 is 76.7 Å². The van der Waals surface area contributed by atoms with Crippen molar-refractivity contribution < 1.29 is 63.1 Å². The summed E-state index contributed by atoms with van der Waals surface area (Å²) in [7, 11) is -4.72. The largest absolute Gasteiger partial charge is 0.472 e. The average Bonchev–Trinajstić information content (AvgIpc) is 3.17. The van der Waals surface area contributed by atoms with Crippen molar-refractivity contribution in [3.63, 3.8) is 0 Å². The van der Waals surface area contributed by atoms with Crippen molar-refractivity contribution in [2.45, 2.75) is 166 Å². The summed E-state index contributed by atoms with van der Waals surface area (Å²) in [4.78, 5) is 34.9. The first-order valence-corrected chi connectivity index (χ1v) is 22.1. The van der Waals surface area contributed by atoms with Gasteiger partial charge in [0.15, 0.2) is 6.10 Å². The van der Waals surface area contributed by atoms with Crippen molar-refractivity contribution in [2.75, 3.05) is 26.4 Å². The van der Waals surface area contributed by atoms with Crippen LogP contribution in [-0.4, -0.2) is 99.3 Å². The Morgan fingerprint density at radius 3 is 1.84 bits per heavy atom. The summed E-state index contributed by atoms with van der Waals surface area (Å²) in [6.07, 6.45) is 28.4. The molecule has 14 heteroatoms. The maximum absolute atomic E-state index is 12.6. The molecule has 56 heavy (non-hydrogen) atoms. The van der Waals surface area contributed by atoms with Crippen LogP contribution >= 0.6 is 7.82 Å². The van der Waals surface area contributed by atoms with Gasteiger partial charge in [0.25, 0.3) is 0 Å². The van der Waals surface area contributed by atoms with Crippen LogP contribution in [0.5, 0.6) is 0 Å². The lowest BCUT2D eigenvalue weighted by atomic mass is 10.1. The molecule has 0 aliphatic carbocycles. The molecular weight excluding hydrogens is 743 g/mol. The Balaban J connectivity index is 4.71. The molecule has 0 saturated heterocycles. The van der Waals surface area contributed by atoms with Crippen molar-refractivity contribution in [2.24, 2.45) is 0 Å². The predicted molar refractivity (Wildman–Crippen MR) is 218 cm³/mol. The average molecular weight is 817 g/mol. The quantitative estimate of drug-likeness (QED) is 0.0120. The Morgan fingerprint density at radius 1 is 0.625 bits per heavy atom. The highest BCUT2D eigenvalue weighted by Crippen LogP contribution is 2.43. The molecule has 0 bridgehead atoms. The van der Waals surface area contributed by atoms with E-state index in [0.717, 1.165) is 64.2 Å². The molecule has 0 aliphatic heterocycles. The molecule has 0 saturated carbocycles. The number of ether oxygens (including phenoxy) is 2. The maximum atomic E-state index is 12.6.